The van der Waals surface area contributed by atoms with Crippen molar-refractivity contribution in [3.8, 4) is 0 Å². The van der Waals surface area contributed by atoms with Crippen LogP contribution >= 0.6 is 0 Å². The maximum absolute atomic E-state index is 10.5. The molecule has 68 valence electrons. The van der Waals surface area contributed by atoms with E-state index in [1.165, 1.54) is 12.1 Å². The molecule has 1 rings (SSSR count). The Morgan fingerprint density at radius 1 is 1.43 bits per heavy atom. The molecule has 0 saturated carbocycles. The molecular formula is C6H4N3NaO3S. The van der Waals surface area contributed by atoms with Crippen LogP contribution in [0.3, 0.4) is 0 Å². The Bertz CT molecular complexity index is 467. The minimum Gasteiger partial charge on any atom is -0.744 e. The summed E-state index contributed by atoms with van der Waals surface area (Å²) in [6, 6.07) is 4.88. The van der Waals surface area contributed by atoms with Gasteiger partial charge in [-0.25, -0.2) is 8.42 Å². The van der Waals surface area contributed by atoms with Gasteiger partial charge in [-0.15, -0.1) is 0 Å². The van der Waals surface area contributed by atoms with Gasteiger partial charge in [0.25, 0.3) is 0 Å². The molecule has 0 N–H and O–H groups in total. The second kappa shape index (κ2) is 5.35. The van der Waals surface area contributed by atoms with E-state index in [1.807, 2.05) is 0 Å². The summed E-state index contributed by atoms with van der Waals surface area (Å²) in [5, 5.41) is 3.16. The Balaban J connectivity index is 0.00000169. The van der Waals surface area contributed by atoms with E-state index in [0.29, 0.717) is 0 Å². The second-order valence-electron chi connectivity index (χ2n) is 2.14. The summed E-state index contributed by atoms with van der Waals surface area (Å²) < 4.78 is 31.5. The zero-order valence-corrected chi connectivity index (χ0v) is 10.1. The van der Waals surface area contributed by atoms with Crippen LogP contribution in [-0.2, 0) is 10.1 Å². The molecule has 0 aliphatic heterocycles. The molecule has 0 amide bonds. The van der Waals surface area contributed by atoms with Crippen LogP contribution in [0, 0.1) is 0 Å². The van der Waals surface area contributed by atoms with Crippen molar-refractivity contribution in [1.82, 2.24) is 0 Å². The van der Waals surface area contributed by atoms with Crippen LogP contribution in [0.15, 0.2) is 34.3 Å². The quantitative estimate of drug-likeness (QED) is 0.200. The molecule has 6 nitrogen and oxygen atoms in total. The number of nitrogens with zero attached hydrogens (tertiary/aromatic N) is 3. The van der Waals surface area contributed by atoms with Gasteiger partial charge in [0.05, 0.1) is 4.90 Å². The molecule has 0 atom stereocenters. The van der Waals surface area contributed by atoms with Crippen molar-refractivity contribution in [2.45, 2.75) is 4.90 Å². The molecule has 0 radical (unpaired) electrons. The van der Waals surface area contributed by atoms with Crippen LogP contribution in [0.1, 0.15) is 0 Å². The molecule has 8 heteroatoms. The number of rotatable bonds is 2. The van der Waals surface area contributed by atoms with Gasteiger partial charge in [-0.3, -0.25) is 0 Å². The Hall–Kier alpha value is -0.560. The van der Waals surface area contributed by atoms with Gasteiger partial charge in [0.2, 0.25) is 0 Å². The van der Waals surface area contributed by atoms with Crippen molar-refractivity contribution in [3.63, 3.8) is 0 Å². The normalized spacial score (nSPS) is 9.79. The van der Waals surface area contributed by atoms with Gasteiger partial charge in [0.15, 0.2) is 0 Å². The fraction of sp³-hybridized carbons (Fsp3) is 0. The Morgan fingerprint density at radius 2 is 2.07 bits per heavy atom. The third-order valence-electron chi connectivity index (χ3n) is 1.27. The zero-order valence-electron chi connectivity index (χ0n) is 7.28. The summed E-state index contributed by atoms with van der Waals surface area (Å²) in [5.74, 6) is 0. The number of azide groups is 1. The molecule has 0 heterocycles. The van der Waals surface area contributed by atoms with Crippen molar-refractivity contribution in [3.05, 3.63) is 34.7 Å². The Morgan fingerprint density at radius 3 is 2.57 bits per heavy atom. The van der Waals surface area contributed by atoms with Crippen LogP contribution in [0.4, 0.5) is 5.69 Å². The van der Waals surface area contributed by atoms with E-state index in [2.05, 4.69) is 10.0 Å². The fourth-order valence-electron chi connectivity index (χ4n) is 0.753. The Kier molecular flexibility index (Phi) is 5.14. The topological polar surface area (TPSA) is 106 Å². The van der Waals surface area contributed by atoms with Gasteiger partial charge < -0.3 is 4.55 Å². The predicted molar refractivity (Wildman–Crippen MR) is 43.2 cm³/mol. The first-order chi connectivity index (χ1) is 6.04. The molecule has 0 spiro atoms. The van der Waals surface area contributed by atoms with Crippen molar-refractivity contribution in [2.75, 3.05) is 0 Å². The van der Waals surface area contributed by atoms with E-state index < -0.39 is 15.0 Å². The second-order valence-corrected chi connectivity index (χ2v) is 3.52. The van der Waals surface area contributed by atoms with Gasteiger partial charge in [-0.2, -0.15) is 0 Å². The smallest absolute Gasteiger partial charge is 0.744 e. The summed E-state index contributed by atoms with van der Waals surface area (Å²) in [6.45, 7) is 0. The van der Waals surface area contributed by atoms with Crippen molar-refractivity contribution in [1.29, 1.82) is 0 Å². The molecule has 14 heavy (non-hydrogen) atoms. The van der Waals surface area contributed by atoms with E-state index in [-0.39, 0.29) is 35.2 Å². The Labute approximate surface area is 103 Å². The number of hydrogen-bond acceptors (Lipinski definition) is 4. The molecule has 0 fully saturated rings. The van der Waals surface area contributed by atoms with E-state index >= 15 is 0 Å². The minimum atomic E-state index is -4.48. The van der Waals surface area contributed by atoms with Crippen LogP contribution in [0.5, 0.6) is 0 Å². The number of benzene rings is 1. The maximum Gasteiger partial charge on any atom is 1.00 e. The van der Waals surface area contributed by atoms with Gasteiger partial charge in [-0.1, -0.05) is 17.2 Å². The average Bonchev–Trinajstić information content (AvgIpc) is 2.04. The molecule has 0 bridgehead atoms. The summed E-state index contributed by atoms with van der Waals surface area (Å²) in [6.07, 6.45) is 0. The monoisotopic (exact) mass is 221 g/mol. The third kappa shape index (κ3) is 3.67. The maximum atomic E-state index is 10.5. The summed E-state index contributed by atoms with van der Waals surface area (Å²) in [5.41, 5.74) is 8.14. The van der Waals surface area contributed by atoms with E-state index in [1.54, 1.807) is 0 Å². The molecule has 0 aliphatic carbocycles. The van der Waals surface area contributed by atoms with Crippen molar-refractivity contribution in [2.24, 2.45) is 5.11 Å². The van der Waals surface area contributed by atoms with Crippen LogP contribution in [0.2, 0.25) is 0 Å². The van der Waals surface area contributed by atoms with Gasteiger partial charge >= 0.3 is 29.6 Å². The zero-order chi connectivity index (χ0) is 9.90. The largest absolute Gasteiger partial charge is 1.00 e. The first-order valence-corrected chi connectivity index (χ1v) is 4.56. The fourth-order valence-corrected chi connectivity index (χ4v) is 1.26. The van der Waals surface area contributed by atoms with Gasteiger partial charge in [0.1, 0.15) is 10.1 Å². The van der Waals surface area contributed by atoms with Crippen LogP contribution in [0.25, 0.3) is 10.4 Å². The minimum absolute atomic E-state index is 0. The van der Waals surface area contributed by atoms with Crippen LogP contribution in [-0.4, -0.2) is 13.0 Å². The molecule has 0 unspecified atom stereocenters. The van der Waals surface area contributed by atoms with Crippen molar-refractivity contribution < 1.29 is 42.5 Å². The average molecular weight is 221 g/mol. The van der Waals surface area contributed by atoms with Gasteiger partial charge in [-0.05, 0) is 17.7 Å². The summed E-state index contributed by atoms with van der Waals surface area (Å²) in [7, 11) is -4.48. The van der Waals surface area contributed by atoms with E-state index in [9.17, 15) is 13.0 Å². The molecular weight excluding hydrogens is 217 g/mol. The molecule has 0 aromatic heterocycles. The first kappa shape index (κ1) is 13.4. The van der Waals surface area contributed by atoms with Gasteiger partial charge in [0, 0.05) is 10.6 Å². The summed E-state index contributed by atoms with van der Waals surface area (Å²) in [4.78, 5) is 2.05. The van der Waals surface area contributed by atoms with E-state index in [0.717, 1.165) is 12.1 Å². The molecule has 1 aromatic carbocycles. The SMILES string of the molecule is [N-]=[N+]=Nc1cccc(S(=O)(=O)[O-])c1.[Na+]. The van der Waals surface area contributed by atoms with Crippen molar-refractivity contribution >= 4 is 15.8 Å². The molecule has 1 aromatic rings. The predicted octanol–water partition coefficient (Wildman–Crippen LogP) is -1.46. The van der Waals surface area contributed by atoms with E-state index in [4.69, 9.17) is 5.53 Å². The standard InChI is InChI=1S/C6H5N3O3S.Na/c7-9-8-5-2-1-3-6(4-5)13(10,11)12;/h1-4H,(H,10,11,12);/q;+1/p-1. The third-order valence-corrected chi connectivity index (χ3v) is 2.10. The molecule has 0 saturated heterocycles. The van der Waals surface area contributed by atoms with Crippen LogP contribution < -0.4 is 29.6 Å². The summed E-state index contributed by atoms with van der Waals surface area (Å²) >= 11 is 0. The molecule has 0 aliphatic rings. The first-order valence-electron chi connectivity index (χ1n) is 3.15. The number of hydrogen-bond donors (Lipinski definition) is 0.